The number of rotatable bonds is 7. The van der Waals surface area contributed by atoms with Gasteiger partial charge in [0.2, 0.25) is 10.0 Å². The molecule has 21 heavy (non-hydrogen) atoms. The van der Waals surface area contributed by atoms with Crippen LogP contribution < -0.4 is 5.32 Å². The zero-order valence-corrected chi connectivity index (χ0v) is 12.9. The molecule has 0 saturated heterocycles. The summed E-state index contributed by atoms with van der Waals surface area (Å²) in [5, 5.41) is 23.1. The highest BCUT2D eigenvalue weighted by atomic mass is 32.2. The number of hydrogen-bond acceptors (Lipinski definition) is 6. The molecule has 0 radical (unpaired) electrons. The van der Waals surface area contributed by atoms with Gasteiger partial charge in [-0.25, -0.2) is 8.42 Å². The molecule has 118 valence electrons. The maximum Gasteiger partial charge on any atom is 0.312 e. The standard InChI is InChI=1S/C12H19N3O5S/c1-4-13-10-6-5-7-11(12(10)15(17)18)21(19,20)14(3)9(2)8-16/h5-7,9,13,16H,4,8H2,1-3H3. The molecule has 0 bridgehead atoms. The molecule has 0 aromatic heterocycles. The number of nitrogens with one attached hydrogen (secondary N) is 1. The van der Waals surface area contributed by atoms with Crippen molar-refractivity contribution in [3.63, 3.8) is 0 Å². The Morgan fingerprint density at radius 2 is 2.10 bits per heavy atom. The highest BCUT2D eigenvalue weighted by molar-refractivity contribution is 7.89. The van der Waals surface area contributed by atoms with Crippen molar-refractivity contribution >= 4 is 21.4 Å². The summed E-state index contributed by atoms with van der Waals surface area (Å²) < 4.78 is 25.9. The van der Waals surface area contributed by atoms with Crippen LogP contribution in [0.2, 0.25) is 0 Å². The first-order valence-corrected chi connectivity index (χ1v) is 7.81. The largest absolute Gasteiger partial charge is 0.395 e. The predicted molar refractivity (Wildman–Crippen MR) is 78.8 cm³/mol. The summed E-state index contributed by atoms with van der Waals surface area (Å²) >= 11 is 0. The summed E-state index contributed by atoms with van der Waals surface area (Å²) in [5.41, 5.74) is -0.343. The normalized spacial score (nSPS) is 13.2. The predicted octanol–water partition coefficient (Wildman–Crippen LogP) is 1.03. The van der Waals surface area contributed by atoms with Crippen molar-refractivity contribution in [1.29, 1.82) is 0 Å². The average molecular weight is 317 g/mol. The number of para-hydroxylation sites is 1. The summed E-state index contributed by atoms with van der Waals surface area (Å²) in [6.07, 6.45) is 0. The second kappa shape index (κ2) is 6.83. The van der Waals surface area contributed by atoms with Crippen LogP contribution in [-0.2, 0) is 10.0 Å². The smallest absolute Gasteiger partial charge is 0.312 e. The lowest BCUT2D eigenvalue weighted by molar-refractivity contribution is -0.386. The number of anilines is 1. The van der Waals surface area contributed by atoms with Crippen molar-refractivity contribution in [3.8, 4) is 0 Å². The van der Waals surface area contributed by atoms with Crippen LogP contribution in [0, 0.1) is 10.1 Å². The van der Waals surface area contributed by atoms with Gasteiger partial charge in [-0.15, -0.1) is 0 Å². The zero-order valence-electron chi connectivity index (χ0n) is 12.1. The van der Waals surface area contributed by atoms with Crippen LogP contribution in [0.5, 0.6) is 0 Å². The van der Waals surface area contributed by atoms with Crippen LogP contribution in [0.15, 0.2) is 23.1 Å². The number of hydrogen-bond donors (Lipinski definition) is 2. The van der Waals surface area contributed by atoms with Gasteiger partial charge >= 0.3 is 5.69 Å². The number of nitro benzene ring substituents is 1. The molecule has 1 aromatic carbocycles. The minimum Gasteiger partial charge on any atom is -0.395 e. The molecule has 0 saturated carbocycles. The third-order valence-electron chi connectivity index (χ3n) is 3.09. The Morgan fingerprint density at radius 3 is 2.57 bits per heavy atom. The lowest BCUT2D eigenvalue weighted by Crippen LogP contribution is -2.37. The van der Waals surface area contributed by atoms with Gasteiger partial charge in [0.1, 0.15) is 5.69 Å². The Labute approximate surface area is 123 Å². The maximum atomic E-state index is 12.5. The van der Waals surface area contributed by atoms with Crippen molar-refractivity contribution in [2.24, 2.45) is 0 Å². The summed E-state index contributed by atoms with van der Waals surface area (Å²) in [6.45, 7) is 3.31. The Hall–Kier alpha value is -1.71. The second-order valence-electron chi connectivity index (χ2n) is 4.49. The van der Waals surface area contributed by atoms with Gasteiger partial charge in [-0.3, -0.25) is 10.1 Å². The summed E-state index contributed by atoms with van der Waals surface area (Å²) in [4.78, 5) is 10.1. The zero-order chi connectivity index (χ0) is 16.2. The van der Waals surface area contributed by atoms with Crippen LogP contribution in [0.4, 0.5) is 11.4 Å². The van der Waals surface area contributed by atoms with Gasteiger partial charge in [-0.2, -0.15) is 4.31 Å². The first kappa shape index (κ1) is 17.3. The number of likely N-dealkylation sites (N-methyl/N-ethyl adjacent to an activating group) is 1. The summed E-state index contributed by atoms with van der Waals surface area (Å²) in [6, 6.07) is 3.40. The van der Waals surface area contributed by atoms with Gasteiger partial charge in [0.05, 0.1) is 11.5 Å². The molecule has 1 unspecified atom stereocenters. The lowest BCUT2D eigenvalue weighted by Gasteiger charge is -2.22. The van der Waals surface area contributed by atoms with E-state index >= 15 is 0 Å². The minimum absolute atomic E-state index is 0.147. The molecule has 0 spiro atoms. The summed E-state index contributed by atoms with van der Waals surface area (Å²) in [5.74, 6) is 0. The molecular formula is C12H19N3O5S. The van der Waals surface area contributed by atoms with Gasteiger partial charge in [-0.1, -0.05) is 6.07 Å². The number of benzene rings is 1. The van der Waals surface area contributed by atoms with Crippen LogP contribution in [0.1, 0.15) is 13.8 Å². The van der Waals surface area contributed by atoms with Crippen molar-refractivity contribution in [2.45, 2.75) is 24.8 Å². The van der Waals surface area contributed by atoms with Crippen LogP contribution in [-0.4, -0.2) is 49.0 Å². The number of nitrogens with zero attached hydrogens (tertiary/aromatic N) is 2. The van der Waals surface area contributed by atoms with Gasteiger partial charge < -0.3 is 10.4 Å². The second-order valence-corrected chi connectivity index (χ2v) is 6.46. The first-order chi connectivity index (χ1) is 9.77. The van der Waals surface area contributed by atoms with E-state index in [0.29, 0.717) is 6.54 Å². The number of nitro groups is 1. The monoisotopic (exact) mass is 317 g/mol. The van der Waals surface area contributed by atoms with Crippen LogP contribution in [0.25, 0.3) is 0 Å². The quantitative estimate of drug-likeness (QED) is 0.573. The highest BCUT2D eigenvalue weighted by Gasteiger charge is 2.33. The molecule has 0 aliphatic rings. The average Bonchev–Trinajstić information content (AvgIpc) is 2.45. The third-order valence-corrected chi connectivity index (χ3v) is 5.09. The first-order valence-electron chi connectivity index (χ1n) is 6.37. The van der Waals surface area contributed by atoms with E-state index in [1.807, 2.05) is 0 Å². The van der Waals surface area contributed by atoms with Gasteiger partial charge in [-0.05, 0) is 26.0 Å². The van der Waals surface area contributed by atoms with Crippen LogP contribution in [0.3, 0.4) is 0 Å². The van der Waals surface area contributed by atoms with E-state index in [-0.39, 0.29) is 12.3 Å². The Balaban J connectivity index is 3.49. The fraction of sp³-hybridized carbons (Fsp3) is 0.500. The van der Waals surface area contributed by atoms with E-state index in [4.69, 9.17) is 5.11 Å². The number of sulfonamides is 1. The van der Waals surface area contributed by atoms with Gasteiger partial charge in [0.15, 0.2) is 4.90 Å². The molecule has 8 nitrogen and oxygen atoms in total. The van der Waals surface area contributed by atoms with Crippen LogP contribution >= 0.6 is 0 Å². The fourth-order valence-electron chi connectivity index (χ4n) is 1.76. The molecule has 9 heteroatoms. The molecule has 1 aromatic rings. The molecule has 0 aliphatic heterocycles. The van der Waals surface area contributed by atoms with E-state index in [9.17, 15) is 18.5 Å². The molecular weight excluding hydrogens is 298 g/mol. The fourth-order valence-corrected chi connectivity index (χ4v) is 3.29. The summed E-state index contributed by atoms with van der Waals surface area (Å²) in [7, 11) is -2.80. The van der Waals surface area contributed by atoms with E-state index in [2.05, 4.69) is 5.32 Å². The molecule has 2 N–H and O–H groups in total. The molecule has 0 heterocycles. The van der Waals surface area contributed by atoms with E-state index in [1.165, 1.54) is 32.2 Å². The SMILES string of the molecule is CCNc1cccc(S(=O)(=O)N(C)C(C)CO)c1[N+](=O)[O-]. The minimum atomic E-state index is -4.08. The van der Waals surface area contributed by atoms with Crippen molar-refractivity contribution < 1.29 is 18.4 Å². The maximum absolute atomic E-state index is 12.5. The van der Waals surface area contributed by atoms with Gasteiger partial charge in [0, 0.05) is 19.6 Å². The van der Waals surface area contributed by atoms with E-state index in [0.717, 1.165) is 4.31 Å². The van der Waals surface area contributed by atoms with Crippen molar-refractivity contribution in [3.05, 3.63) is 28.3 Å². The Morgan fingerprint density at radius 1 is 1.48 bits per heavy atom. The third kappa shape index (κ3) is 3.49. The molecule has 1 atom stereocenters. The molecule has 0 aliphatic carbocycles. The molecule has 0 amide bonds. The highest BCUT2D eigenvalue weighted by Crippen LogP contribution is 2.33. The lowest BCUT2D eigenvalue weighted by atomic mass is 10.2. The molecule has 0 fully saturated rings. The topological polar surface area (TPSA) is 113 Å². The Bertz CT molecular complexity index is 617. The van der Waals surface area contributed by atoms with Crippen molar-refractivity contribution in [2.75, 3.05) is 25.5 Å². The molecule has 1 rings (SSSR count). The van der Waals surface area contributed by atoms with E-state index < -0.39 is 31.6 Å². The Kier molecular flexibility index (Phi) is 5.64. The van der Waals surface area contributed by atoms with Crippen molar-refractivity contribution in [1.82, 2.24) is 4.31 Å². The number of aliphatic hydroxyl groups is 1. The number of aliphatic hydroxyl groups excluding tert-OH is 1. The van der Waals surface area contributed by atoms with Gasteiger partial charge in [0.25, 0.3) is 0 Å². The van der Waals surface area contributed by atoms with E-state index in [1.54, 1.807) is 6.92 Å².